The van der Waals surface area contributed by atoms with Crippen LogP contribution in [0.1, 0.15) is 17.4 Å². The first kappa shape index (κ1) is 17.6. The van der Waals surface area contributed by atoms with Crippen molar-refractivity contribution < 1.29 is 4.74 Å². The molecule has 0 spiro atoms. The van der Waals surface area contributed by atoms with E-state index in [1.54, 1.807) is 12.4 Å². The summed E-state index contributed by atoms with van der Waals surface area (Å²) in [7, 11) is 0. The molecule has 7 heteroatoms. The summed E-state index contributed by atoms with van der Waals surface area (Å²) in [6, 6.07) is 22.0. The second-order valence-electron chi connectivity index (χ2n) is 6.50. The zero-order valence-corrected chi connectivity index (χ0v) is 16.2. The number of anilines is 1. The van der Waals surface area contributed by atoms with Crippen LogP contribution in [0, 0.1) is 0 Å². The van der Waals surface area contributed by atoms with Crippen LogP contribution in [0.4, 0.5) is 5.69 Å². The summed E-state index contributed by atoms with van der Waals surface area (Å²) < 4.78 is 6.24. The Kier molecular flexibility index (Phi) is 4.80. The molecule has 3 heterocycles. The Hall–Kier alpha value is -3.45. The maximum absolute atomic E-state index is 6.24. The molecule has 0 saturated carbocycles. The van der Waals surface area contributed by atoms with Crippen molar-refractivity contribution in [3.8, 4) is 17.1 Å². The Balaban J connectivity index is 1.50. The first-order chi connectivity index (χ1) is 14.4. The van der Waals surface area contributed by atoms with Gasteiger partial charge in [-0.25, -0.2) is 0 Å². The summed E-state index contributed by atoms with van der Waals surface area (Å²) in [5, 5.41) is 12.8. The van der Waals surface area contributed by atoms with Crippen molar-refractivity contribution in [3.63, 3.8) is 0 Å². The summed E-state index contributed by atoms with van der Waals surface area (Å²) in [4.78, 5) is 8.88. The Morgan fingerprint density at radius 3 is 2.66 bits per heavy atom. The number of aromatic nitrogens is 4. The van der Waals surface area contributed by atoms with Gasteiger partial charge in [-0.1, -0.05) is 66.4 Å². The molecule has 0 unspecified atom stereocenters. The van der Waals surface area contributed by atoms with Crippen LogP contribution in [-0.2, 0) is 5.75 Å². The van der Waals surface area contributed by atoms with E-state index in [9.17, 15) is 0 Å². The summed E-state index contributed by atoms with van der Waals surface area (Å²) in [5.41, 5.74) is 4.57. The minimum atomic E-state index is -0.422. The fourth-order valence-electron chi connectivity index (χ4n) is 3.11. The van der Waals surface area contributed by atoms with Gasteiger partial charge in [0.1, 0.15) is 0 Å². The first-order valence-corrected chi connectivity index (χ1v) is 10.2. The molecule has 1 atom stereocenters. The molecule has 0 aliphatic carbocycles. The average molecular weight is 399 g/mol. The number of fused-ring (bicyclic) bond motifs is 3. The lowest BCUT2D eigenvalue weighted by atomic mass is 10.1. The van der Waals surface area contributed by atoms with E-state index in [-0.39, 0.29) is 0 Å². The Morgan fingerprint density at radius 1 is 0.931 bits per heavy atom. The van der Waals surface area contributed by atoms with Gasteiger partial charge in [0, 0.05) is 35.0 Å². The van der Waals surface area contributed by atoms with Gasteiger partial charge in [0.05, 0.1) is 0 Å². The van der Waals surface area contributed by atoms with Gasteiger partial charge >= 0.3 is 0 Å². The van der Waals surface area contributed by atoms with Crippen LogP contribution in [0.15, 0.2) is 84.3 Å². The highest BCUT2D eigenvalue weighted by Gasteiger charge is 2.26. The van der Waals surface area contributed by atoms with Crippen molar-refractivity contribution in [1.29, 1.82) is 0 Å². The summed E-state index contributed by atoms with van der Waals surface area (Å²) in [5.74, 6) is 1.23. The number of hydrogen-bond acceptors (Lipinski definition) is 7. The molecule has 6 nitrogen and oxygen atoms in total. The highest BCUT2D eigenvalue weighted by Crippen LogP contribution is 2.39. The van der Waals surface area contributed by atoms with Gasteiger partial charge in [0.2, 0.25) is 11.0 Å². The minimum Gasteiger partial charge on any atom is -0.448 e. The van der Waals surface area contributed by atoms with Crippen LogP contribution in [0.2, 0.25) is 0 Å². The van der Waals surface area contributed by atoms with Crippen molar-refractivity contribution in [3.05, 3.63) is 90.3 Å². The molecule has 29 heavy (non-hydrogen) atoms. The second-order valence-corrected chi connectivity index (χ2v) is 7.44. The van der Waals surface area contributed by atoms with Gasteiger partial charge in [0.15, 0.2) is 11.9 Å². The summed E-state index contributed by atoms with van der Waals surface area (Å²) in [6.45, 7) is 0. The number of hydrogen-bond donors (Lipinski definition) is 1. The molecular weight excluding hydrogens is 382 g/mol. The Bertz CT molecular complexity index is 1120. The smallest absolute Gasteiger partial charge is 0.247 e. The lowest BCUT2D eigenvalue weighted by Crippen LogP contribution is -2.17. The largest absolute Gasteiger partial charge is 0.448 e. The van der Waals surface area contributed by atoms with E-state index in [1.165, 1.54) is 17.3 Å². The Morgan fingerprint density at radius 2 is 1.79 bits per heavy atom. The molecule has 0 amide bonds. The van der Waals surface area contributed by atoms with E-state index < -0.39 is 6.23 Å². The molecule has 0 bridgehead atoms. The number of para-hydroxylation sites is 1. The number of nitrogens with one attached hydrogen (secondary N) is 1. The highest BCUT2D eigenvalue weighted by molar-refractivity contribution is 7.98. The zero-order valence-electron chi connectivity index (χ0n) is 15.4. The molecule has 2 aromatic carbocycles. The van der Waals surface area contributed by atoms with E-state index in [0.29, 0.717) is 16.7 Å². The molecule has 5 rings (SSSR count). The van der Waals surface area contributed by atoms with Crippen LogP contribution in [0.5, 0.6) is 5.88 Å². The van der Waals surface area contributed by atoms with Crippen molar-refractivity contribution in [2.75, 3.05) is 5.32 Å². The van der Waals surface area contributed by atoms with E-state index in [2.05, 4.69) is 37.6 Å². The number of thioether (sulfide) groups is 1. The number of pyridine rings is 1. The average Bonchev–Trinajstić information content (AvgIpc) is 2.95. The van der Waals surface area contributed by atoms with Crippen molar-refractivity contribution >= 4 is 17.4 Å². The molecule has 1 aliphatic heterocycles. The SMILES string of the molecule is c1ccc(CSc2nnc3c(n2)O[C@H](c2cccnc2)Nc2ccccc2-3)cc1. The molecule has 0 fully saturated rings. The third kappa shape index (κ3) is 3.77. The lowest BCUT2D eigenvalue weighted by molar-refractivity contribution is 0.225. The van der Waals surface area contributed by atoms with Gasteiger partial charge in [-0.15, -0.1) is 10.2 Å². The third-order valence-corrected chi connectivity index (χ3v) is 5.44. The Labute approximate surface area is 172 Å². The topological polar surface area (TPSA) is 72.8 Å². The molecule has 0 radical (unpaired) electrons. The van der Waals surface area contributed by atoms with E-state index in [1.807, 2.05) is 54.6 Å². The third-order valence-electron chi connectivity index (χ3n) is 4.53. The van der Waals surface area contributed by atoms with E-state index >= 15 is 0 Å². The molecular formula is C22H17N5OS. The molecule has 2 aromatic heterocycles. The fourth-order valence-corrected chi connectivity index (χ4v) is 3.85. The van der Waals surface area contributed by atoms with Crippen LogP contribution in [-0.4, -0.2) is 20.2 Å². The quantitative estimate of drug-likeness (QED) is 0.497. The van der Waals surface area contributed by atoms with Gasteiger partial charge in [-0.3, -0.25) is 4.98 Å². The van der Waals surface area contributed by atoms with Gasteiger partial charge in [0.25, 0.3) is 0 Å². The molecule has 4 aromatic rings. The van der Waals surface area contributed by atoms with Crippen LogP contribution >= 0.6 is 11.8 Å². The minimum absolute atomic E-state index is 0.422. The van der Waals surface area contributed by atoms with Gasteiger partial charge in [-0.2, -0.15) is 4.98 Å². The number of nitrogens with zero attached hydrogens (tertiary/aromatic N) is 4. The van der Waals surface area contributed by atoms with Crippen LogP contribution in [0.25, 0.3) is 11.3 Å². The summed E-state index contributed by atoms with van der Waals surface area (Å²) >= 11 is 1.53. The van der Waals surface area contributed by atoms with Crippen molar-refractivity contribution in [1.82, 2.24) is 20.2 Å². The van der Waals surface area contributed by atoms with Crippen molar-refractivity contribution in [2.24, 2.45) is 0 Å². The fraction of sp³-hybridized carbons (Fsp3) is 0.0909. The maximum Gasteiger partial charge on any atom is 0.247 e. The standard InChI is InChI=1S/C22H17N5OS/c1-2-7-15(8-3-1)14-29-22-25-21-19(26-27-22)17-10-4-5-11-18(17)24-20(28-21)16-9-6-12-23-13-16/h1-13,20,24H,14H2/t20-/m1/s1. The number of ether oxygens (including phenoxy) is 1. The summed E-state index contributed by atoms with van der Waals surface area (Å²) in [6.07, 6.45) is 3.10. The molecule has 1 N–H and O–H groups in total. The van der Waals surface area contributed by atoms with Crippen LogP contribution < -0.4 is 10.1 Å². The van der Waals surface area contributed by atoms with E-state index in [4.69, 9.17) is 4.74 Å². The number of benzene rings is 2. The van der Waals surface area contributed by atoms with Crippen molar-refractivity contribution in [2.45, 2.75) is 17.1 Å². The monoisotopic (exact) mass is 399 g/mol. The molecule has 0 saturated heterocycles. The molecule has 1 aliphatic rings. The maximum atomic E-state index is 6.24. The number of rotatable bonds is 4. The predicted octanol–water partition coefficient (Wildman–Crippen LogP) is 4.73. The normalized spacial score (nSPS) is 14.7. The first-order valence-electron chi connectivity index (χ1n) is 9.21. The highest BCUT2D eigenvalue weighted by atomic mass is 32.2. The van der Waals surface area contributed by atoms with Crippen LogP contribution in [0.3, 0.4) is 0 Å². The van der Waals surface area contributed by atoms with Gasteiger partial charge < -0.3 is 10.1 Å². The lowest BCUT2D eigenvalue weighted by Gasteiger charge is -2.18. The second kappa shape index (κ2) is 7.89. The van der Waals surface area contributed by atoms with Gasteiger partial charge in [-0.05, 0) is 17.7 Å². The predicted molar refractivity (Wildman–Crippen MR) is 112 cm³/mol. The zero-order chi connectivity index (χ0) is 19.5. The molecule has 142 valence electrons. The van der Waals surface area contributed by atoms with E-state index in [0.717, 1.165) is 22.6 Å².